The Kier molecular flexibility index (Phi) is 65.2. The predicted molar refractivity (Wildman–Crippen MR) is 424 cm³/mol. The van der Waals surface area contributed by atoms with Gasteiger partial charge in [0.15, 0.2) is 12.6 Å². The van der Waals surface area contributed by atoms with Gasteiger partial charge in [-0.1, -0.05) is 354 Å². The summed E-state index contributed by atoms with van der Waals surface area (Å²) in [6.45, 7) is 2.70. The van der Waals surface area contributed by atoms with Gasteiger partial charge in [-0.3, -0.25) is 4.79 Å². The number of nitrogens with one attached hydrogen (secondary N) is 1. The minimum Gasteiger partial charge on any atom is -0.394 e. The summed E-state index contributed by atoms with van der Waals surface area (Å²) in [6, 6.07) is -0.941. The first kappa shape index (κ1) is 94.5. The molecule has 2 heterocycles. The van der Waals surface area contributed by atoms with Crippen LogP contribution in [0.5, 0.6) is 0 Å². The molecule has 2 saturated heterocycles. The summed E-state index contributed by atoms with van der Waals surface area (Å²) in [4.78, 5) is 13.4. The second-order valence-electron chi connectivity index (χ2n) is 28.9. The van der Waals surface area contributed by atoms with Crippen LogP contribution in [0.4, 0.5) is 0 Å². The number of hydrogen-bond donors (Lipinski definition) is 9. The summed E-state index contributed by atoms with van der Waals surface area (Å²) in [5.41, 5.74) is 0. The first-order valence-electron chi connectivity index (χ1n) is 41.8. The smallest absolute Gasteiger partial charge is 0.220 e. The molecule has 1 amide bonds. The van der Waals surface area contributed by atoms with E-state index in [2.05, 4.69) is 129 Å². The average molecular weight is 1430 g/mol. The molecule has 102 heavy (non-hydrogen) atoms. The molecule has 0 spiro atoms. The van der Waals surface area contributed by atoms with Crippen molar-refractivity contribution < 1.29 is 64.6 Å². The highest BCUT2D eigenvalue weighted by molar-refractivity contribution is 5.76. The topological polar surface area (TPSA) is 228 Å². The molecule has 0 radical (unpaired) electrons. The van der Waals surface area contributed by atoms with E-state index in [0.717, 1.165) is 89.9 Å². The Morgan fingerprint density at radius 3 is 1.08 bits per heavy atom. The fourth-order valence-electron chi connectivity index (χ4n) is 13.1. The Bertz CT molecular complexity index is 2180. The van der Waals surface area contributed by atoms with E-state index in [-0.39, 0.29) is 18.9 Å². The first-order valence-corrected chi connectivity index (χ1v) is 41.8. The Balaban J connectivity index is 1.62. The van der Waals surface area contributed by atoms with Gasteiger partial charge in [0, 0.05) is 6.42 Å². The minimum absolute atomic E-state index is 0.250. The van der Waals surface area contributed by atoms with Crippen LogP contribution in [-0.2, 0) is 23.7 Å². The molecule has 0 bridgehead atoms. The lowest BCUT2D eigenvalue weighted by atomic mass is 9.97. The molecule has 0 aromatic heterocycles. The number of carbonyl (C=O) groups excluding carboxylic acids is 1. The predicted octanol–water partition coefficient (Wildman–Crippen LogP) is 19.6. The van der Waals surface area contributed by atoms with Gasteiger partial charge in [-0.2, -0.15) is 0 Å². The quantitative estimate of drug-likeness (QED) is 0.0204. The number of aliphatic hydroxyl groups excluding tert-OH is 8. The van der Waals surface area contributed by atoms with Gasteiger partial charge in [0.2, 0.25) is 5.91 Å². The zero-order valence-corrected chi connectivity index (χ0v) is 64.6. The van der Waals surface area contributed by atoms with Gasteiger partial charge in [-0.25, -0.2) is 0 Å². The fraction of sp³-hybridized carbons (Fsp3) is 0.761. The summed E-state index contributed by atoms with van der Waals surface area (Å²) in [6.07, 6.45) is 87.1. The van der Waals surface area contributed by atoms with Crippen LogP contribution in [0.3, 0.4) is 0 Å². The standard InChI is InChI=1S/C88H153NO13/c1-3-5-7-9-11-13-15-17-19-21-23-25-27-29-31-33-34-35-36-37-38-39-40-41-42-44-46-48-50-52-54-56-58-60-62-64-66-68-70-72-80(93)89-76(75-99-87-85(98)83(96)86(79(74-91)101-87)102-88-84(97)82(95)81(94)78(73-90)100-88)77(92)71-69-67-65-63-61-59-57-55-53-51-49-47-45-43-32-30-28-26-24-22-20-18-16-14-12-10-8-6-4-2/h5,7,11,13,17,19,23,25,29,31,34-35,37-38,40-41,61,63,69,71,76-79,81-88,90-92,94-98H,3-4,6,8-10,12,14-16,18,20-22,24,26-28,30,32-33,36,39,42-60,62,64-68,70,72-75H2,1-2H3,(H,89,93)/b7-5-,13-11-,19-17-,25-23-,31-29-,35-34-,38-37-,41-40-,63-61+,71-69+. The van der Waals surface area contributed by atoms with Gasteiger partial charge in [0.25, 0.3) is 0 Å². The molecular weight excluding hydrogens is 1280 g/mol. The third kappa shape index (κ3) is 52.4. The minimum atomic E-state index is -1.80. The molecule has 14 nitrogen and oxygen atoms in total. The van der Waals surface area contributed by atoms with Gasteiger partial charge in [0.1, 0.15) is 48.8 Å². The summed E-state index contributed by atoms with van der Waals surface area (Å²) < 4.78 is 22.9. The summed E-state index contributed by atoms with van der Waals surface area (Å²) in [5, 5.41) is 87.7. The van der Waals surface area contributed by atoms with E-state index < -0.39 is 86.8 Å². The molecule has 2 aliphatic heterocycles. The second kappa shape index (κ2) is 70.4. The molecule has 588 valence electrons. The van der Waals surface area contributed by atoms with Crippen LogP contribution in [0.2, 0.25) is 0 Å². The molecule has 2 rings (SSSR count). The van der Waals surface area contributed by atoms with Crippen molar-refractivity contribution in [1.82, 2.24) is 5.32 Å². The van der Waals surface area contributed by atoms with Crippen LogP contribution in [0.25, 0.3) is 0 Å². The number of hydrogen-bond acceptors (Lipinski definition) is 13. The van der Waals surface area contributed by atoms with Gasteiger partial charge < -0.3 is 65.1 Å². The SMILES string of the molecule is CC/C=C\C/C=C\C/C=C\C/C=C\C/C=C\C/C=C\C/C=C\C/C=C\CCCCCCCCCCCCCCCCC(=O)NC(COC1OC(CO)C(OC2OC(CO)C(O)C(O)C2O)C(O)C1O)C(O)/C=C/CC/C=C/CCCCCCCCCCCCCCCCCCCCCCCCC. The highest BCUT2D eigenvalue weighted by Crippen LogP contribution is 2.30. The van der Waals surface area contributed by atoms with Crippen LogP contribution < -0.4 is 5.32 Å². The number of aliphatic hydroxyl groups is 8. The molecule has 0 saturated carbocycles. The molecule has 2 aliphatic rings. The summed E-state index contributed by atoms with van der Waals surface area (Å²) in [5.74, 6) is -0.250. The van der Waals surface area contributed by atoms with Crippen LogP contribution in [0.15, 0.2) is 122 Å². The largest absolute Gasteiger partial charge is 0.394 e. The van der Waals surface area contributed by atoms with Crippen molar-refractivity contribution in [2.45, 2.75) is 408 Å². The molecule has 9 N–H and O–H groups in total. The third-order valence-corrected chi connectivity index (χ3v) is 19.6. The summed E-state index contributed by atoms with van der Waals surface area (Å²) >= 11 is 0. The van der Waals surface area contributed by atoms with Crippen LogP contribution in [0.1, 0.15) is 335 Å². The van der Waals surface area contributed by atoms with E-state index in [0.29, 0.717) is 12.8 Å². The highest BCUT2D eigenvalue weighted by atomic mass is 16.7. The number of unbranched alkanes of at least 4 members (excludes halogenated alkanes) is 38. The first-order chi connectivity index (χ1) is 50.1. The lowest BCUT2D eigenvalue weighted by Gasteiger charge is -2.46. The zero-order chi connectivity index (χ0) is 73.7. The molecule has 14 heteroatoms. The average Bonchev–Trinajstić information content (AvgIpc) is 0.790. The molecule has 0 aliphatic carbocycles. The number of ether oxygens (including phenoxy) is 4. The highest BCUT2D eigenvalue weighted by Gasteiger charge is 2.51. The lowest BCUT2D eigenvalue weighted by Crippen LogP contribution is -2.65. The number of amides is 1. The second-order valence-corrected chi connectivity index (χ2v) is 28.9. The van der Waals surface area contributed by atoms with E-state index in [9.17, 15) is 45.6 Å². The van der Waals surface area contributed by atoms with E-state index in [4.69, 9.17) is 18.9 Å². The van der Waals surface area contributed by atoms with Crippen molar-refractivity contribution >= 4 is 5.91 Å². The van der Waals surface area contributed by atoms with Gasteiger partial charge in [0.05, 0.1) is 32.0 Å². The van der Waals surface area contributed by atoms with Crippen molar-refractivity contribution in [2.75, 3.05) is 19.8 Å². The van der Waals surface area contributed by atoms with Crippen molar-refractivity contribution in [3.05, 3.63) is 122 Å². The van der Waals surface area contributed by atoms with Gasteiger partial charge >= 0.3 is 0 Å². The van der Waals surface area contributed by atoms with Crippen LogP contribution >= 0.6 is 0 Å². The zero-order valence-electron chi connectivity index (χ0n) is 64.6. The number of rotatable bonds is 69. The van der Waals surface area contributed by atoms with Crippen molar-refractivity contribution in [3.8, 4) is 0 Å². The maximum Gasteiger partial charge on any atom is 0.220 e. The maximum atomic E-state index is 13.4. The van der Waals surface area contributed by atoms with E-state index in [1.54, 1.807) is 6.08 Å². The van der Waals surface area contributed by atoms with Crippen LogP contribution in [-0.4, -0.2) is 140 Å². The Morgan fingerprint density at radius 1 is 0.363 bits per heavy atom. The molecule has 0 aromatic rings. The molecular formula is C88H153NO13. The molecule has 12 unspecified atom stereocenters. The lowest BCUT2D eigenvalue weighted by molar-refractivity contribution is -0.359. The Morgan fingerprint density at radius 2 is 0.686 bits per heavy atom. The van der Waals surface area contributed by atoms with Crippen molar-refractivity contribution in [1.29, 1.82) is 0 Å². The molecule has 2 fully saturated rings. The fourth-order valence-corrected chi connectivity index (χ4v) is 13.1. The summed E-state index contributed by atoms with van der Waals surface area (Å²) in [7, 11) is 0. The van der Waals surface area contributed by atoms with E-state index in [1.807, 2.05) is 6.08 Å². The third-order valence-electron chi connectivity index (χ3n) is 19.6. The van der Waals surface area contributed by atoms with Crippen LogP contribution in [0, 0.1) is 0 Å². The Labute approximate surface area is 622 Å². The van der Waals surface area contributed by atoms with Crippen molar-refractivity contribution in [2.24, 2.45) is 0 Å². The van der Waals surface area contributed by atoms with E-state index >= 15 is 0 Å². The molecule has 0 aromatic carbocycles. The van der Waals surface area contributed by atoms with Gasteiger partial charge in [-0.15, -0.1) is 0 Å². The Hall–Kier alpha value is -3.61. The molecule has 12 atom stereocenters. The van der Waals surface area contributed by atoms with Crippen molar-refractivity contribution in [3.63, 3.8) is 0 Å². The van der Waals surface area contributed by atoms with Gasteiger partial charge in [-0.05, 0) is 96.3 Å². The maximum absolute atomic E-state index is 13.4. The monoisotopic (exact) mass is 1430 g/mol. The number of carbonyl (C=O) groups is 1. The normalized spacial score (nSPS) is 22.3. The number of allylic oxidation sites excluding steroid dienone is 19. The van der Waals surface area contributed by atoms with E-state index in [1.165, 1.54) is 212 Å².